The highest BCUT2D eigenvalue weighted by atomic mass is 32.2. The highest BCUT2D eigenvalue weighted by Gasteiger charge is 2.26. The van der Waals surface area contributed by atoms with Crippen molar-refractivity contribution in [2.45, 2.75) is 45.9 Å². The van der Waals surface area contributed by atoms with Crippen LogP contribution in [0, 0.1) is 13.8 Å². The molecule has 7 heteroatoms. The first-order valence-electron chi connectivity index (χ1n) is 6.87. The average Bonchev–Trinajstić information content (AvgIpc) is 2.36. The van der Waals surface area contributed by atoms with Gasteiger partial charge in [0.05, 0.1) is 5.75 Å². The molecular weight excluding hydrogens is 292 g/mol. The minimum atomic E-state index is -3.44. The summed E-state index contributed by atoms with van der Waals surface area (Å²) in [4.78, 5) is 26.4. The summed E-state index contributed by atoms with van der Waals surface area (Å²) in [5, 5.41) is 1.42. The van der Waals surface area contributed by atoms with Crippen LogP contribution in [0.2, 0.25) is 0 Å². The zero-order valence-electron chi connectivity index (χ0n) is 12.8. The lowest BCUT2D eigenvalue weighted by molar-refractivity contribution is -0.120. The summed E-state index contributed by atoms with van der Waals surface area (Å²) in [7, 11) is -3.44. The number of aromatic nitrogens is 1. The number of hydrogen-bond acceptors (Lipinski definition) is 4. The standard InChI is InChI=1S/C14H22N2O4S/c1-5-6-21(19,20)11(4)13(17)15-8-12-9(2)7-10(3)16-14(12)18/h7,11H,5-6,8H2,1-4H3,(H,15,17)(H,16,18)/t11-/m0/s1. The third-order valence-electron chi connectivity index (χ3n) is 3.33. The first-order chi connectivity index (χ1) is 9.69. The molecule has 1 heterocycles. The Hall–Kier alpha value is -1.63. The highest BCUT2D eigenvalue weighted by molar-refractivity contribution is 7.92. The van der Waals surface area contributed by atoms with Gasteiger partial charge >= 0.3 is 0 Å². The number of H-pyrrole nitrogens is 1. The number of pyridine rings is 1. The predicted octanol–water partition coefficient (Wildman–Crippen LogP) is 0.821. The summed E-state index contributed by atoms with van der Waals surface area (Å²) >= 11 is 0. The van der Waals surface area contributed by atoms with Gasteiger partial charge in [-0.1, -0.05) is 6.92 Å². The summed E-state index contributed by atoms with van der Waals surface area (Å²) in [6.45, 7) is 6.69. The molecule has 0 aliphatic rings. The molecule has 118 valence electrons. The predicted molar refractivity (Wildman–Crippen MR) is 81.9 cm³/mol. The molecule has 1 atom stereocenters. The first-order valence-corrected chi connectivity index (χ1v) is 8.59. The number of aryl methyl sites for hydroxylation is 2. The Kier molecular flexibility index (Phi) is 5.71. The number of nitrogens with one attached hydrogen (secondary N) is 2. The van der Waals surface area contributed by atoms with Crippen LogP contribution in [0.15, 0.2) is 10.9 Å². The average molecular weight is 314 g/mol. The van der Waals surface area contributed by atoms with E-state index in [0.29, 0.717) is 12.0 Å². The van der Waals surface area contributed by atoms with Gasteiger partial charge in [0.25, 0.3) is 5.56 Å². The summed E-state index contributed by atoms with van der Waals surface area (Å²) in [5.74, 6) is -0.603. The van der Waals surface area contributed by atoms with Gasteiger partial charge in [-0.05, 0) is 38.8 Å². The van der Waals surface area contributed by atoms with Crippen molar-refractivity contribution in [3.63, 3.8) is 0 Å². The number of sulfone groups is 1. The van der Waals surface area contributed by atoms with Gasteiger partial charge in [-0.3, -0.25) is 9.59 Å². The molecule has 1 aromatic heterocycles. The molecule has 0 radical (unpaired) electrons. The van der Waals surface area contributed by atoms with Crippen molar-refractivity contribution in [3.8, 4) is 0 Å². The molecule has 0 bridgehead atoms. The van der Waals surface area contributed by atoms with Crippen LogP contribution in [0.25, 0.3) is 0 Å². The van der Waals surface area contributed by atoms with Gasteiger partial charge in [0.15, 0.2) is 9.84 Å². The molecule has 0 saturated heterocycles. The second-order valence-electron chi connectivity index (χ2n) is 5.17. The Bertz CT molecular complexity index is 677. The topological polar surface area (TPSA) is 96.1 Å². The SMILES string of the molecule is CCCS(=O)(=O)[C@@H](C)C(=O)NCc1c(C)cc(C)[nH]c1=O. The van der Waals surface area contributed by atoms with Gasteiger partial charge < -0.3 is 10.3 Å². The molecule has 0 aliphatic carbocycles. The molecule has 2 N–H and O–H groups in total. The largest absolute Gasteiger partial charge is 0.351 e. The van der Waals surface area contributed by atoms with Crippen molar-refractivity contribution in [1.29, 1.82) is 0 Å². The third-order valence-corrected chi connectivity index (χ3v) is 5.60. The van der Waals surface area contributed by atoms with E-state index in [1.54, 1.807) is 26.8 Å². The molecule has 6 nitrogen and oxygen atoms in total. The zero-order chi connectivity index (χ0) is 16.2. The van der Waals surface area contributed by atoms with E-state index < -0.39 is 21.0 Å². The summed E-state index contributed by atoms with van der Waals surface area (Å²) in [6.07, 6.45) is 0.469. The van der Waals surface area contributed by atoms with Crippen LogP contribution in [0.5, 0.6) is 0 Å². The second-order valence-corrected chi connectivity index (χ2v) is 7.61. The maximum absolute atomic E-state index is 11.9. The van der Waals surface area contributed by atoms with E-state index in [1.165, 1.54) is 6.92 Å². The van der Waals surface area contributed by atoms with Crippen molar-refractivity contribution in [2.75, 3.05) is 5.75 Å². The molecule has 0 aliphatic heterocycles. The van der Waals surface area contributed by atoms with E-state index >= 15 is 0 Å². The fourth-order valence-electron chi connectivity index (χ4n) is 2.04. The molecule has 0 fully saturated rings. The molecule has 21 heavy (non-hydrogen) atoms. The lowest BCUT2D eigenvalue weighted by atomic mass is 10.1. The molecule has 1 rings (SSSR count). The van der Waals surface area contributed by atoms with E-state index in [1.807, 2.05) is 0 Å². The normalized spacial score (nSPS) is 13.0. The maximum atomic E-state index is 11.9. The Morgan fingerprint density at radius 1 is 1.38 bits per heavy atom. The lowest BCUT2D eigenvalue weighted by Crippen LogP contribution is -2.39. The fraction of sp³-hybridized carbons (Fsp3) is 0.571. The van der Waals surface area contributed by atoms with Crippen LogP contribution in [-0.4, -0.2) is 30.3 Å². The molecule has 0 aromatic carbocycles. The van der Waals surface area contributed by atoms with E-state index in [-0.39, 0.29) is 17.9 Å². The van der Waals surface area contributed by atoms with E-state index in [0.717, 1.165) is 11.3 Å². The van der Waals surface area contributed by atoms with Crippen molar-refractivity contribution in [3.05, 3.63) is 33.2 Å². The van der Waals surface area contributed by atoms with Gasteiger partial charge in [-0.25, -0.2) is 8.42 Å². The van der Waals surface area contributed by atoms with Gasteiger partial charge in [-0.2, -0.15) is 0 Å². The summed E-state index contributed by atoms with van der Waals surface area (Å²) < 4.78 is 23.7. The minimum Gasteiger partial charge on any atom is -0.351 e. The third kappa shape index (κ3) is 4.42. The van der Waals surface area contributed by atoms with Crippen LogP contribution >= 0.6 is 0 Å². The Morgan fingerprint density at radius 3 is 2.52 bits per heavy atom. The fourth-order valence-corrected chi connectivity index (χ4v) is 3.38. The minimum absolute atomic E-state index is 0.0201. The summed E-state index contributed by atoms with van der Waals surface area (Å²) in [6, 6.07) is 1.81. The van der Waals surface area contributed by atoms with Crippen molar-refractivity contribution < 1.29 is 13.2 Å². The zero-order valence-corrected chi connectivity index (χ0v) is 13.6. The van der Waals surface area contributed by atoms with Crippen LogP contribution in [0.3, 0.4) is 0 Å². The Balaban J connectivity index is 2.81. The quantitative estimate of drug-likeness (QED) is 0.812. The number of amides is 1. The number of rotatable bonds is 6. The van der Waals surface area contributed by atoms with Crippen LogP contribution in [0.4, 0.5) is 0 Å². The number of carbonyl (C=O) groups is 1. The maximum Gasteiger partial charge on any atom is 0.253 e. The molecule has 0 spiro atoms. The van der Waals surface area contributed by atoms with Crippen LogP contribution < -0.4 is 10.9 Å². The van der Waals surface area contributed by atoms with Crippen LogP contribution in [-0.2, 0) is 21.2 Å². The number of hydrogen-bond donors (Lipinski definition) is 2. The van der Waals surface area contributed by atoms with Gasteiger partial charge in [-0.15, -0.1) is 0 Å². The highest BCUT2D eigenvalue weighted by Crippen LogP contribution is 2.06. The van der Waals surface area contributed by atoms with E-state index in [9.17, 15) is 18.0 Å². The number of aromatic amines is 1. The van der Waals surface area contributed by atoms with Crippen molar-refractivity contribution in [2.24, 2.45) is 0 Å². The van der Waals surface area contributed by atoms with Gasteiger partial charge in [0.2, 0.25) is 5.91 Å². The molecule has 0 unspecified atom stereocenters. The van der Waals surface area contributed by atoms with E-state index in [4.69, 9.17) is 0 Å². The Morgan fingerprint density at radius 2 is 2.00 bits per heavy atom. The van der Waals surface area contributed by atoms with Crippen molar-refractivity contribution in [1.82, 2.24) is 10.3 Å². The van der Waals surface area contributed by atoms with Crippen LogP contribution in [0.1, 0.15) is 37.1 Å². The van der Waals surface area contributed by atoms with Crippen molar-refractivity contribution >= 4 is 15.7 Å². The number of carbonyl (C=O) groups excluding carboxylic acids is 1. The Labute approximate surface area is 124 Å². The van der Waals surface area contributed by atoms with E-state index in [2.05, 4.69) is 10.3 Å². The smallest absolute Gasteiger partial charge is 0.253 e. The first kappa shape index (κ1) is 17.4. The molecular formula is C14H22N2O4S. The van der Waals surface area contributed by atoms with Gasteiger partial charge in [0, 0.05) is 17.8 Å². The molecule has 0 saturated carbocycles. The summed E-state index contributed by atoms with van der Waals surface area (Å²) in [5.41, 5.74) is 1.68. The lowest BCUT2D eigenvalue weighted by Gasteiger charge is -2.13. The monoisotopic (exact) mass is 314 g/mol. The molecule has 1 aromatic rings. The molecule has 1 amide bonds. The second kappa shape index (κ2) is 6.89. The van der Waals surface area contributed by atoms with Gasteiger partial charge in [0.1, 0.15) is 5.25 Å².